The monoisotopic (exact) mass is 353 g/mol. The molecule has 8 heteroatoms. The molecule has 1 heterocycles. The lowest BCUT2D eigenvalue weighted by atomic mass is 9.98. The number of rotatable bonds is 8. The molecule has 0 spiro atoms. The fourth-order valence-corrected chi connectivity index (χ4v) is 3.78. The van der Waals surface area contributed by atoms with Gasteiger partial charge in [0.05, 0.1) is 30.5 Å². The molecule has 1 atom stereocenters. The van der Waals surface area contributed by atoms with Crippen LogP contribution in [-0.2, 0) is 20.7 Å². The summed E-state index contributed by atoms with van der Waals surface area (Å²) in [5, 5.41) is 13.8. The lowest BCUT2D eigenvalue weighted by Gasteiger charge is -2.22. The Hall–Kier alpha value is -1.59. The largest absolute Gasteiger partial charge is 0.466 e. The number of ether oxygens (including phenoxy) is 1. The van der Waals surface area contributed by atoms with Crippen LogP contribution >= 0.6 is 23.1 Å². The average molecular weight is 353 g/mol. The molecule has 1 aromatic heterocycles. The van der Waals surface area contributed by atoms with Gasteiger partial charge in [0.15, 0.2) is 4.34 Å². The second-order valence-corrected chi connectivity index (χ2v) is 7.59. The van der Waals surface area contributed by atoms with Crippen molar-refractivity contribution in [2.45, 2.75) is 43.0 Å². The summed E-state index contributed by atoms with van der Waals surface area (Å²) in [4.78, 5) is 27.7. The fraction of sp³-hybridized carbons (Fsp3) is 0.600. The Labute approximate surface area is 143 Å². The summed E-state index contributed by atoms with van der Waals surface area (Å²) >= 11 is 2.70. The highest BCUT2D eigenvalue weighted by Crippen LogP contribution is 2.39. The molecule has 6 nitrogen and oxygen atoms in total. The third kappa shape index (κ3) is 5.22. The molecule has 0 aliphatic heterocycles. The van der Waals surface area contributed by atoms with Crippen molar-refractivity contribution in [1.82, 2.24) is 10.3 Å². The molecule has 1 saturated carbocycles. The van der Waals surface area contributed by atoms with Crippen LogP contribution < -0.4 is 5.32 Å². The van der Waals surface area contributed by atoms with Crippen LogP contribution in [0.2, 0.25) is 0 Å². The Balaban J connectivity index is 1.79. The molecule has 0 aromatic carbocycles. The van der Waals surface area contributed by atoms with Crippen LogP contribution in [0.4, 0.5) is 0 Å². The summed E-state index contributed by atoms with van der Waals surface area (Å²) in [6, 6.07) is 2.20. The normalized spacial score (nSPS) is 16.2. The summed E-state index contributed by atoms with van der Waals surface area (Å²) in [5.41, 5.74) is -0.119. The van der Waals surface area contributed by atoms with E-state index < -0.39 is 5.54 Å². The predicted molar refractivity (Wildman–Crippen MR) is 88.1 cm³/mol. The van der Waals surface area contributed by atoms with Crippen molar-refractivity contribution in [3.05, 3.63) is 11.1 Å². The number of aromatic nitrogens is 1. The summed E-state index contributed by atoms with van der Waals surface area (Å²) in [6.07, 6.45) is 2.12. The highest BCUT2D eigenvalue weighted by atomic mass is 32.2. The van der Waals surface area contributed by atoms with Gasteiger partial charge in [0.2, 0.25) is 5.91 Å². The third-order valence-corrected chi connectivity index (χ3v) is 5.58. The number of nitrogens with zero attached hydrogens (tertiary/aromatic N) is 2. The van der Waals surface area contributed by atoms with Crippen LogP contribution in [0.5, 0.6) is 0 Å². The van der Waals surface area contributed by atoms with Gasteiger partial charge >= 0.3 is 5.97 Å². The van der Waals surface area contributed by atoms with E-state index in [1.807, 2.05) is 0 Å². The molecule has 1 aliphatic carbocycles. The standard InChI is InChI=1S/C15H19N3O3S2/c1-3-21-13(20)6-11-7-22-14(17-11)23-8-12(19)18-15(2,9-16)10-4-5-10/h7,10H,3-6,8H2,1-2H3,(H,18,19)/t15-/m1/s1. The Bertz CT molecular complexity index is 622. The Morgan fingerprint density at radius 3 is 2.96 bits per heavy atom. The van der Waals surface area contributed by atoms with Gasteiger partial charge in [-0.1, -0.05) is 11.8 Å². The lowest BCUT2D eigenvalue weighted by Crippen LogP contribution is -2.47. The minimum atomic E-state index is -0.768. The van der Waals surface area contributed by atoms with Crippen molar-refractivity contribution in [1.29, 1.82) is 5.26 Å². The number of hydrogen-bond acceptors (Lipinski definition) is 7. The zero-order valence-electron chi connectivity index (χ0n) is 13.1. The number of thioether (sulfide) groups is 1. The summed E-state index contributed by atoms with van der Waals surface area (Å²) in [7, 11) is 0. The maximum Gasteiger partial charge on any atom is 0.311 e. The van der Waals surface area contributed by atoms with E-state index in [4.69, 9.17) is 4.74 Å². The smallest absolute Gasteiger partial charge is 0.311 e. The van der Waals surface area contributed by atoms with Gasteiger partial charge in [-0.15, -0.1) is 11.3 Å². The van der Waals surface area contributed by atoms with Crippen LogP contribution in [0.15, 0.2) is 9.72 Å². The Morgan fingerprint density at radius 1 is 1.61 bits per heavy atom. The first-order chi connectivity index (χ1) is 11.0. The molecule has 0 radical (unpaired) electrons. The number of esters is 1. The molecule has 1 aliphatic rings. The van der Waals surface area contributed by atoms with Gasteiger partial charge in [0.1, 0.15) is 5.54 Å². The highest BCUT2D eigenvalue weighted by Gasteiger charge is 2.42. The molecule has 0 saturated heterocycles. The number of nitriles is 1. The zero-order chi connectivity index (χ0) is 16.9. The number of nitrogens with one attached hydrogen (secondary N) is 1. The van der Waals surface area contributed by atoms with Gasteiger partial charge in [-0.05, 0) is 32.6 Å². The fourth-order valence-electron chi connectivity index (χ4n) is 2.13. The predicted octanol–water partition coefficient (Wildman–Crippen LogP) is 2.15. The third-order valence-electron chi connectivity index (χ3n) is 3.51. The molecule has 1 aromatic rings. The number of carbonyl (C=O) groups is 2. The first kappa shape index (κ1) is 17.8. The number of hydrogen-bond donors (Lipinski definition) is 1. The summed E-state index contributed by atoms with van der Waals surface area (Å²) < 4.78 is 5.60. The van der Waals surface area contributed by atoms with Crippen molar-refractivity contribution in [3.63, 3.8) is 0 Å². The maximum absolute atomic E-state index is 12.0. The van der Waals surface area contributed by atoms with Gasteiger partial charge in [-0.25, -0.2) is 4.98 Å². The van der Waals surface area contributed by atoms with Crippen molar-refractivity contribution in [2.75, 3.05) is 12.4 Å². The molecule has 2 rings (SSSR count). The van der Waals surface area contributed by atoms with E-state index in [9.17, 15) is 14.9 Å². The summed E-state index contributed by atoms with van der Waals surface area (Å²) in [5.74, 6) is -0.0111. The second kappa shape index (κ2) is 7.79. The quantitative estimate of drug-likeness (QED) is 0.569. The molecule has 0 bridgehead atoms. The maximum atomic E-state index is 12.0. The number of carbonyl (C=O) groups excluding carboxylic acids is 2. The van der Waals surface area contributed by atoms with E-state index in [-0.39, 0.29) is 30.0 Å². The molecule has 0 unspecified atom stereocenters. The van der Waals surface area contributed by atoms with Crippen molar-refractivity contribution in [2.24, 2.45) is 5.92 Å². The van der Waals surface area contributed by atoms with Crippen molar-refractivity contribution >= 4 is 35.0 Å². The van der Waals surface area contributed by atoms with Crippen molar-refractivity contribution in [3.8, 4) is 6.07 Å². The minimum absolute atomic E-state index is 0.144. The first-order valence-corrected chi connectivity index (χ1v) is 9.28. The van der Waals surface area contributed by atoms with Gasteiger partial charge in [-0.2, -0.15) is 5.26 Å². The highest BCUT2D eigenvalue weighted by molar-refractivity contribution is 8.01. The van der Waals surface area contributed by atoms with Gasteiger partial charge in [0, 0.05) is 5.38 Å². The zero-order valence-corrected chi connectivity index (χ0v) is 14.8. The topological polar surface area (TPSA) is 92.1 Å². The first-order valence-electron chi connectivity index (χ1n) is 7.42. The molecular weight excluding hydrogens is 334 g/mol. The van der Waals surface area contributed by atoms with Gasteiger partial charge in [0.25, 0.3) is 0 Å². The SMILES string of the molecule is CCOC(=O)Cc1csc(SCC(=O)N[C@](C)(C#N)C2CC2)n1. The minimum Gasteiger partial charge on any atom is -0.466 e. The van der Waals surface area contributed by atoms with E-state index in [0.29, 0.717) is 12.3 Å². The average Bonchev–Trinajstić information content (AvgIpc) is 3.28. The number of amides is 1. The number of thiazole rings is 1. The summed E-state index contributed by atoms with van der Waals surface area (Å²) in [6.45, 7) is 3.88. The van der Waals surface area contributed by atoms with Gasteiger partial charge in [-0.3, -0.25) is 9.59 Å². The molecule has 1 N–H and O–H groups in total. The van der Waals surface area contributed by atoms with Crippen LogP contribution in [0.1, 0.15) is 32.4 Å². The van der Waals surface area contributed by atoms with E-state index in [1.165, 1.54) is 23.1 Å². The Kier molecular flexibility index (Phi) is 6.02. The van der Waals surface area contributed by atoms with E-state index in [2.05, 4.69) is 16.4 Å². The molecular formula is C15H19N3O3S2. The Morgan fingerprint density at radius 2 is 2.35 bits per heavy atom. The van der Waals surface area contributed by atoms with E-state index in [0.717, 1.165) is 17.2 Å². The van der Waals surface area contributed by atoms with Gasteiger partial charge < -0.3 is 10.1 Å². The molecule has 1 fully saturated rings. The van der Waals surface area contributed by atoms with Crippen molar-refractivity contribution < 1.29 is 14.3 Å². The second-order valence-electron chi connectivity index (χ2n) is 5.51. The van der Waals surface area contributed by atoms with Crippen LogP contribution in [0.3, 0.4) is 0 Å². The van der Waals surface area contributed by atoms with Crippen LogP contribution in [0.25, 0.3) is 0 Å². The van der Waals surface area contributed by atoms with Crippen LogP contribution in [-0.4, -0.2) is 34.8 Å². The molecule has 124 valence electrons. The molecule has 23 heavy (non-hydrogen) atoms. The van der Waals surface area contributed by atoms with E-state index in [1.54, 1.807) is 19.2 Å². The van der Waals surface area contributed by atoms with Crippen LogP contribution in [0, 0.1) is 17.2 Å². The lowest BCUT2D eigenvalue weighted by molar-refractivity contribution is -0.142. The van der Waals surface area contributed by atoms with E-state index >= 15 is 0 Å². The molecule has 1 amide bonds.